The van der Waals surface area contributed by atoms with Crippen molar-refractivity contribution in [2.24, 2.45) is 0 Å². The third kappa shape index (κ3) is 5.26. The van der Waals surface area contributed by atoms with Crippen molar-refractivity contribution in [3.8, 4) is 5.75 Å². The molecule has 0 bridgehead atoms. The number of carboxylic acids is 1. The molecule has 1 aromatic carbocycles. The van der Waals surface area contributed by atoms with Gasteiger partial charge in [0.2, 0.25) is 0 Å². The number of carbonyl (C=O) groups is 2. The van der Waals surface area contributed by atoms with Gasteiger partial charge in [-0.3, -0.25) is 4.79 Å². The Morgan fingerprint density at radius 1 is 1.39 bits per heavy atom. The number of nitrogen functional groups attached to an aromatic ring is 1. The van der Waals surface area contributed by atoms with Crippen molar-refractivity contribution in [3.63, 3.8) is 0 Å². The second-order valence-electron chi connectivity index (χ2n) is 3.63. The normalized spacial score (nSPS) is 9.39. The van der Waals surface area contributed by atoms with Gasteiger partial charge in [0, 0.05) is 17.2 Å². The topological polar surface area (TPSA) is 92.5 Å². The molecule has 5 nitrogen and oxygen atoms in total. The Kier molecular flexibility index (Phi) is 7.18. The van der Waals surface area contributed by atoms with E-state index in [1.54, 1.807) is 18.2 Å². The van der Waals surface area contributed by atoms with Crippen LogP contribution in [0.5, 0.6) is 5.75 Å². The zero-order valence-corrected chi connectivity index (χ0v) is 10.6. The van der Waals surface area contributed by atoms with Crippen LogP contribution in [0, 0.1) is 0 Å². The summed E-state index contributed by atoms with van der Waals surface area (Å²) in [7, 11) is 0. The van der Waals surface area contributed by atoms with E-state index in [1.165, 1.54) is 6.92 Å². The van der Waals surface area contributed by atoms with E-state index in [4.69, 9.17) is 10.5 Å². The number of aliphatic carboxylic acids is 1. The third-order valence-electron chi connectivity index (χ3n) is 2.20. The molecule has 0 unspecified atom stereocenters. The van der Waals surface area contributed by atoms with Gasteiger partial charge >= 0.3 is 18.9 Å². The van der Waals surface area contributed by atoms with Crippen LogP contribution in [0.4, 0.5) is 5.69 Å². The van der Waals surface area contributed by atoms with Gasteiger partial charge in [0.05, 0.1) is 6.61 Å². The summed E-state index contributed by atoms with van der Waals surface area (Å²) in [5.74, 6) is -0.735. The van der Waals surface area contributed by atoms with Crippen LogP contribution < -0.4 is 34.4 Å². The molecule has 1 aromatic rings. The monoisotopic (exact) mass is 243 g/mol. The number of benzene rings is 1. The minimum absolute atomic E-state index is 0. The van der Waals surface area contributed by atoms with Gasteiger partial charge in [-0.2, -0.15) is 0 Å². The van der Waals surface area contributed by atoms with E-state index < -0.39 is 5.97 Å². The number of carbonyl (C=O) groups excluding carboxylic acids is 2. The minimum Gasteiger partial charge on any atom is -0.550 e. The minimum atomic E-state index is -1.10. The van der Waals surface area contributed by atoms with Crippen LogP contribution in [0.3, 0.4) is 0 Å². The zero-order valence-electron chi connectivity index (χ0n) is 10.6. The number of rotatable bonds is 6. The number of hydrogen-bond donors (Lipinski definition) is 1. The molecular formula is C12H14LiNO4. The van der Waals surface area contributed by atoms with Crippen LogP contribution in [-0.2, 0) is 4.79 Å². The van der Waals surface area contributed by atoms with Crippen LogP contribution in [-0.4, -0.2) is 18.4 Å². The van der Waals surface area contributed by atoms with Crippen LogP contribution in [0.2, 0.25) is 0 Å². The molecule has 2 N–H and O–H groups in total. The van der Waals surface area contributed by atoms with E-state index >= 15 is 0 Å². The maximum absolute atomic E-state index is 11.2. The molecule has 0 heterocycles. The first-order chi connectivity index (χ1) is 8.00. The summed E-state index contributed by atoms with van der Waals surface area (Å²) in [6.07, 6.45) is 0.316. The van der Waals surface area contributed by atoms with Gasteiger partial charge < -0.3 is 20.4 Å². The molecule has 1 rings (SSSR count). The smallest absolute Gasteiger partial charge is 0.550 e. The van der Waals surface area contributed by atoms with Crippen molar-refractivity contribution in [2.45, 2.75) is 19.8 Å². The van der Waals surface area contributed by atoms with Gasteiger partial charge in [-0.25, -0.2) is 0 Å². The van der Waals surface area contributed by atoms with Crippen LogP contribution in [0.15, 0.2) is 18.2 Å². The Labute approximate surface area is 117 Å². The third-order valence-corrected chi connectivity index (χ3v) is 2.20. The fourth-order valence-electron chi connectivity index (χ4n) is 1.34. The number of ether oxygens (including phenoxy) is 1. The predicted octanol–water partition coefficient (Wildman–Crippen LogP) is -2.62. The molecule has 0 spiro atoms. The van der Waals surface area contributed by atoms with E-state index in [2.05, 4.69) is 0 Å². The average molecular weight is 243 g/mol. The van der Waals surface area contributed by atoms with Gasteiger partial charge in [0.15, 0.2) is 5.78 Å². The van der Waals surface area contributed by atoms with E-state index in [0.29, 0.717) is 23.4 Å². The first-order valence-corrected chi connectivity index (χ1v) is 5.24. The summed E-state index contributed by atoms with van der Waals surface area (Å²) >= 11 is 0. The van der Waals surface area contributed by atoms with Gasteiger partial charge in [0.25, 0.3) is 0 Å². The van der Waals surface area contributed by atoms with E-state index in [-0.39, 0.29) is 37.7 Å². The maximum atomic E-state index is 11.2. The quantitative estimate of drug-likeness (QED) is 0.256. The first kappa shape index (κ1) is 16.6. The number of carboxylic acid groups (broad SMARTS) is 1. The molecule has 0 fully saturated rings. The Balaban J connectivity index is 0.00000289. The van der Waals surface area contributed by atoms with E-state index in [9.17, 15) is 14.7 Å². The molecule has 18 heavy (non-hydrogen) atoms. The predicted molar refractivity (Wildman–Crippen MR) is 60.6 cm³/mol. The first-order valence-electron chi connectivity index (χ1n) is 5.24. The average Bonchev–Trinajstić information content (AvgIpc) is 2.25. The number of hydrogen-bond acceptors (Lipinski definition) is 5. The second kappa shape index (κ2) is 7.80. The number of ketones is 1. The molecule has 0 saturated heterocycles. The van der Waals surface area contributed by atoms with Crippen LogP contribution in [0.1, 0.15) is 30.1 Å². The summed E-state index contributed by atoms with van der Waals surface area (Å²) in [5.41, 5.74) is 6.43. The van der Waals surface area contributed by atoms with Crippen molar-refractivity contribution >= 4 is 17.4 Å². The Bertz CT molecular complexity index is 434. The largest absolute Gasteiger partial charge is 1.00 e. The number of nitrogens with two attached hydrogens (primary N) is 1. The number of Topliss-reactive ketones (excluding diaryl/α,β-unsaturated/α-hetero) is 1. The standard InChI is InChI=1S/C12H15NO4.Li/c1-8(14)10-7-9(4-5-11(10)13)17-6-2-3-12(15)16;/h4-5,7H,2-3,6,13H2,1H3,(H,15,16);/q;+1/p-1. The molecule has 0 radical (unpaired) electrons. The Morgan fingerprint density at radius 3 is 2.61 bits per heavy atom. The molecule has 0 saturated carbocycles. The van der Waals surface area contributed by atoms with Crippen molar-refractivity contribution in [2.75, 3.05) is 12.3 Å². The summed E-state index contributed by atoms with van der Waals surface area (Å²) in [4.78, 5) is 21.4. The van der Waals surface area contributed by atoms with Gasteiger partial charge in [0.1, 0.15) is 5.75 Å². The molecule has 0 aromatic heterocycles. The van der Waals surface area contributed by atoms with Crippen molar-refractivity contribution in [3.05, 3.63) is 23.8 Å². The molecular weight excluding hydrogens is 229 g/mol. The fourth-order valence-corrected chi connectivity index (χ4v) is 1.34. The Morgan fingerprint density at radius 2 is 2.06 bits per heavy atom. The summed E-state index contributed by atoms with van der Waals surface area (Å²) in [6, 6.07) is 4.78. The van der Waals surface area contributed by atoms with Gasteiger partial charge in [-0.15, -0.1) is 0 Å². The molecule has 0 aliphatic carbocycles. The van der Waals surface area contributed by atoms with Crippen LogP contribution in [0.25, 0.3) is 0 Å². The Hall–Kier alpha value is -1.44. The molecule has 0 aliphatic rings. The second-order valence-corrected chi connectivity index (χ2v) is 3.63. The summed E-state index contributed by atoms with van der Waals surface area (Å²) < 4.78 is 5.30. The van der Waals surface area contributed by atoms with Gasteiger partial charge in [-0.1, -0.05) is 0 Å². The van der Waals surface area contributed by atoms with Crippen molar-refractivity contribution < 1.29 is 38.3 Å². The molecule has 6 heteroatoms. The van der Waals surface area contributed by atoms with E-state index in [0.717, 1.165) is 0 Å². The summed E-state index contributed by atoms with van der Waals surface area (Å²) in [6.45, 7) is 1.68. The van der Waals surface area contributed by atoms with Crippen molar-refractivity contribution in [1.82, 2.24) is 0 Å². The molecule has 0 aliphatic heterocycles. The van der Waals surface area contributed by atoms with Crippen molar-refractivity contribution in [1.29, 1.82) is 0 Å². The summed E-state index contributed by atoms with van der Waals surface area (Å²) in [5, 5.41) is 10.2. The van der Waals surface area contributed by atoms with Crippen LogP contribution >= 0.6 is 0 Å². The molecule has 0 amide bonds. The number of anilines is 1. The molecule has 0 atom stereocenters. The van der Waals surface area contributed by atoms with Gasteiger partial charge in [-0.05, 0) is 38.0 Å². The SMILES string of the molecule is CC(=O)c1cc(OCCCC(=O)[O-])ccc1N.[Li+]. The maximum Gasteiger partial charge on any atom is 1.00 e. The zero-order chi connectivity index (χ0) is 12.8. The molecule has 92 valence electrons. The van der Waals surface area contributed by atoms with E-state index in [1.807, 2.05) is 0 Å². The fraction of sp³-hybridized carbons (Fsp3) is 0.333.